The molecule has 2 aliphatic rings. The molecule has 6 nitrogen and oxygen atoms in total. The van der Waals surface area contributed by atoms with Crippen LogP contribution in [0, 0.1) is 0 Å². The van der Waals surface area contributed by atoms with Crippen LogP contribution in [0.15, 0.2) is 42.0 Å². The number of rotatable bonds is 4. The molecule has 0 amide bonds. The summed E-state index contributed by atoms with van der Waals surface area (Å²) < 4.78 is 22.8. The quantitative estimate of drug-likeness (QED) is 0.812. The van der Waals surface area contributed by atoms with Crippen molar-refractivity contribution >= 4 is 0 Å². The first kappa shape index (κ1) is 17.5. The summed E-state index contributed by atoms with van der Waals surface area (Å²) >= 11 is 0. The number of fused-ring (bicyclic) bond motifs is 1. The van der Waals surface area contributed by atoms with Crippen molar-refractivity contribution in [2.24, 2.45) is 0 Å². The van der Waals surface area contributed by atoms with E-state index in [4.69, 9.17) is 18.9 Å². The highest BCUT2D eigenvalue weighted by molar-refractivity contribution is 5.16. The fraction of sp³-hybridized carbons (Fsp3) is 0.556. The van der Waals surface area contributed by atoms with Crippen LogP contribution in [-0.4, -0.2) is 54.1 Å². The molecule has 6 heteroatoms. The third-order valence-corrected chi connectivity index (χ3v) is 4.16. The smallest absolute Gasteiger partial charge is 0.187 e. The normalized spacial score (nSPS) is 36.0. The third kappa shape index (κ3) is 3.85. The molecule has 2 heterocycles. The van der Waals surface area contributed by atoms with Gasteiger partial charge < -0.3 is 29.2 Å². The molecule has 24 heavy (non-hydrogen) atoms. The van der Waals surface area contributed by atoms with Gasteiger partial charge in [-0.3, -0.25) is 0 Å². The van der Waals surface area contributed by atoms with Gasteiger partial charge in [-0.1, -0.05) is 42.0 Å². The van der Waals surface area contributed by atoms with Gasteiger partial charge in [-0.15, -0.1) is 0 Å². The molecular weight excluding hydrogens is 312 g/mol. The van der Waals surface area contributed by atoms with Crippen molar-refractivity contribution in [2.45, 2.75) is 50.8 Å². The summed E-state index contributed by atoms with van der Waals surface area (Å²) in [4.78, 5) is 0. The third-order valence-electron chi connectivity index (χ3n) is 4.16. The number of aliphatic hydroxyl groups is 2. The van der Waals surface area contributed by atoms with E-state index in [1.165, 1.54) is 0 Å². The molecule has 2 N–H and O–H groups in total. The second-order valence-corrected chi connectivity index (χ2v) is 6.32. The lowest BCUT2D eigenvalue weighted by Crippen LogP contribution is -2.62. The van der Waals surface area contributed by atoms with E-state index < -0.39 is 37.0 Å². The monoisotopic (exact) mass is 336 g/mol. The highest BCUT2D eigenvalue weighted by atomic mass is 16.8. The van der Waals surface area contributed by atoms with Crippen LogP contribution in [0.5, 0.6) is 0 Å². The van der Waals surface area contributed by atoms with Gasteiger partial charge in [0.1, 0.15) is 24.4 Å². The minimum atomic E-state index is -1.17. The maximum absolute atomic E-state index is 10.4. The molecule has 2 saturated heterocycles. The molecule has 2 fully saturated rings. The van der Waals surface area contributed by atoms with Crippen LogP contribution in [-0.2, 0) is 18.9 Å². The summed E-state index contributed by atoms with van der Waals surface area (Å²) in [6.45, 7) is 4.48. The Morgan fingerprint density at radius 1 is 1.17 bits per heavy atom. The highest BCUT2D eigenvalue weighted by Crippen LogP contribution is 2.34. The molecule has 3 rings (SSSR count). The lowest BCUT2D eigenvalue weighted by atomic mass is 9.98. The van der Waals surface area contributed by atoms with E-state index in [9.17, 15) is 10.2 Å². The van der Waals surface area contributed by atoms with Gasteiger partial charge in [0.25, 0.3) is 0 Å². The molecule has 0 unspecified atom stereocenters. The number of aliphatic hydroxyl groups excluding tert-OH is 2. The maximum atomic E-state index is 10.4. The van der Waals surface area contributed by atoms with Crippen LogP contribution in [0.3, 0.4) is 0 Å². The first-order chi connectivity index (χ1) is 11.6. The minimum Gasteiger partial charge on any atom is -0.387 e. The van der Waals surface area contributed by atoms with Gasteiger partial charge in [-0.25, -0.2) is 0 Å². The first-order valence-electron chi connectivity index (χ1n) is 8.15. The lowest BCUT2D eigenvalue weighted by Gasteiger charge is -2.46. The van der Waals surface area contributed by atoms with Gasteiger partial charge in [-0.05, 0) is 13.8 Å². The van der Waals surface area contributed by atoms with Crippen LogP contribution in [0.4, 0.5) is 0 Å². The maximum Gasteiger partial charge on any atom is 0.187 e. The standard InChI is InChI=1S/C18H24O6/c1-11(2)8-9-21-18-15(20)14(19)16-13(23-18)10-22-17(24-16)12-6-4-3-5-7-12/h3-8,13-20H,9-10H2,1-2H3/t13-,14-,15-,16+,17+,18-/m1/s1. The Kier molecular flexibility index (Phi) is 5.65. The van der Waals surface area contributed by atoms with Crippen molar-refractivity contribution in [3.05, 3.63) is 47.5 Å². The second kappa shape index (κ2) is 7.74. The van der Waals surface area contributed by atoms with E-state index in [-0.39, 0.29) is 6.61 Å². The molecule has 0 bridgehead atoms. The minimum absolute atomic E-state index is 0.260. The van der Waals surface area contributed by atoms with E-state index in [1.54, 1.807) is 0 Å². The van der Waals surface area contributed by atoms with Crippen molar-refractivity contribution in [2.75, 3.05) is 13.2 Å². The topological polar surface area (TPSA) is 77.4 Å². The fourth-order valence-corrected chi connectivity index (χ4v) is 2.80. The van der Waals surface area contributed by atoms with Crippen LogP contribution in [0.1, 0.15) is 25.7 Å². The zero-order valence-corrected chi connectivity index (χ0v) is 13.9. The van der Waals surface area contributed by atoms with Gasteiger partial charge >= 0.3 is 0 Å². The Balaban J connectivity index is 1.64. The predicted molar refractivity (Wildman–Crippen MR) is 86.1 cm³/mol. The largest absolute Gasteiger partial charge is 0.387 e. The molecule has 0 saturated carbocycles. The molecule has 2 aliphatic heterocycles. The first-order valence-corrected chi connectivity index (χ1v) is 8.15. The van der Waals surface area contributed by atoms with E-state index in [2.05, 4.69) is 0 Å². The molecule has 0 aliphatic carbocycles. The molecule has 0 aromatic heterocycles. The highest BCUT2D eigenvalue weighted by Gasteiger charge is 2.49. The lowest BCUT2D eigenvalue weighted by molar-refractivity contribution is -0.360. The zero-order chi connectivity index (χ0) is 17.1. The second-order valence-electron chi connectivity index (χ2n) is 6.32. The number of benzene rings is 1. The van der Waals surface area contributed by atoms with Crippen LogP contribution in [0.25, 0.3) is 0 Å². The molecule has 1 aromatic rings. The van der Waals surface area contributed by atoms with Crippen LogP contribution >= 0.6 is 0 Å². The average Bonchev–Trinajstić information content (AvgIpc) is 2.59. The van der Waals surface area contributed by atoms with Gasteiger partial charge in [-0.2, -0.15) is 0 Å². The summed E-state index contributed by atoms with van der Waals surface area (Å²) in [5.41, 5.74) is 1.97. The number of allylic oxidation sites excluding steroid dienone is 1. The van der Waals surface area contributed by atoms with Crippen molar-refractivity contribution in [3.8, 4) is 0 Å². The number of ether oxygens (including phenoxy) is 4. The van der Waals surface area contributed by atoms with E-state index in [0.29, 0.717) is 6.61 Å². The van der Waals surface area contributed by atoms with Crippen molar-refractivity contribution in [1.82, 2.24) is 0 Å². The van der Waals surface area contributed by atoms with Gasteiger partial charge in [0.15, 0.2) is 12.6 Å². The Morgan fingerprint density at radius 3 is 2.62 bits per heavy atom. The Labute approximate surface area is 141 Å². The predicted octanol–water partition coefficient (Wildman–Crippen LogP) is 1.53. The van der Waals surface area contributed by atoms with Crippen LogP contribution < -0.4 is 0 Å². The molecule has 0 spiro atoms. The zero-order valence-electron chi connectivity index (χ0n) is 13.9. The van der Waals surface area contributed by atoms with E-state index >= 15 is 0 Å². The summed E-state index contributed by atoms with van der Waals surface area (Å²) in [5.74, 6) is 0. The fourth-order valence-electron chi connectivity index (χ4n) is 2.80. The van der Waals surface area contributed by atoms with Gasteiger partial charge in [0, 0.05) is 5.56 Å². The van der Waals surface area contributed by atoms with E-state index in [0.717, 1.165) is 11.1 Å². The average molecular weight is 336 g/mol. The number of hydrogen-bond donors (Lipinski definition) is 2. The summed E-state index contributed by atoms with van der Waals surface area (Å²) in [6, 6.07) is 9.48. The number of hydrogen-bond acceptors (Lipinski definition) is 6. The molecule has 6 atom stereocenters. The van der Waals surface area contributed by atoms with E-state index in [1.807, 2.05) is 50.3 Å². The molecule has 0 radical (unpaired) electrons. The molecule has 1 aromatic carbocycles. The molecular formula is C18H24O6. The van der Waals surface area contributed by atoms with Gasteiger partial charge in [0.05, 0.1) is 13.2 Å². The SMILES string of the molecule is CC(C)=CCO[C@@H]1O[C@@H]2CO[C@H](c3ccccc3)O[C@@H]2[C@H](O)[C@H]1O. The summed E-state index contributed by atoms with van der Waals surface area (Å²) in [5, 5.41) is 20.7. The van der Waals surface area contributed by atoms with Crippen molar-refractivity contribution < 1.29 is 29.2 Å². The van der Waals surface area contributed by atoms with Crippen molar-refractivity contribution in [1.29, 1.82) is 0 Å². The molecule has 132 valence electrons. The summed E-state index contributed by atoms with van der Waals surface area (Å²) in [6.07, 6.45) is -3.03. The Bertz CT molecular complexity index is 554. The van der Waals surface area contributed by atoms with Crippen molar-refractivity contribution in [3.63, 3.8) is 0 Å². The summed E-state index contributed by atoms with van der Waals surface area (Å²) in [7, 11) is 0. The Hall–Kier alpha value is -1.28. The van der Waals surface area contributed by atoms with Crippen LogP contribution in [0.2, 0.25) is 0 Å². The van der Waals surface area contributed by atoms with Gasteiger partial charge in [0.2, 0.25) is 0 Å². The Morgan fingerprint density at radius 2 is 1.92 bits per heavy atom.